The summed E-state index contributed by atoms with van der Waals surface area (Å²) < 4.78 is 43.6. The molecule has 4 aromatic rings. The molecule has 0 bridgehead atoms. The van der Waals surface area contributed by atoms with Crippen LogP contribution in [0.4, 0.5) is 4.39 Å². The van der Waals surface area contributed by atoms with Crippen LogP contribution >= 0.6 is 0 Å². The normalized spacial score (nSPS) is 21.0. The van der Waals surface area contributed by atoms with Crippen LogP contribution in [0.3, 0.4) is 0 Å². The van der Waals surface area contributed by atoms with Crippen molar-refractivity contribution in [2.45, 2.75) is 30.8 Å². The van der Waals surface area contributed by atoms with Gasteiger partial charge in [-0.15, -0.1) is 0 Å². The van der Waals surface area contributed by atoms with Gasteiger partial charge >= 0.3 is 23.9 Å². The molecule has 1 aliphatic rings. The minimum atomic E-state index is -2.36. The summed E-state index contributed by atoms with van der Waals surface area (Å²) in [6.45, 7) is -0.584. The van der Waals surface area contributed by atoms with Gasteiger partial charge in [0.15, 0.2) is 18.3 Å². The van der Waals surface area contributed by atoms with Gasteiger partial charge in [0.2, 0.25) is 6.36 Å². The lowest BCUT2D eigenvalue weighted by molar-refractivity contribution is -0.261. The second kappa shape index (κ2) is 14.2. The second-order valence-corrected chi connectivity index (χ2v) is 9.70. The van der Waals surface area contributed by atoms with Crippen molar-refractivity contribution >= 4 is 23.9 Å². The molecule has 1 aliphatic heterocycles. The van der Waals surface area contributed by atoms with E-state index in [1.165, 1.54) is 48.5 Å². The van der Waals surface area contributed by atoms with Crippen molar-refractivity contribution in [2.24, 2.45) is 0 Å². The van der Waals surface area contributed by atoms with Crippen molar-refractivity contribution in [3.63, 3.8) is 0 Å². The Kier molecular flexibility index (Phi) is 9.73. The molecule has 0 amide bonds. The maximum absolute atomic E-state index is 15.8. The minimum absolute atomic E-state index is 0.101. The monoisotopic (exact) mass is 598 g/mol. The van der Waals surface area contributed by atoms with Gasteiger partial charge in [0, 0.05) is 0 Å². The van der Waals surface area contributed by atoms with Crippen LogP contribution in [0.1, 0.15) is 41.4 Å². The number of hydrogen-bond donors (Lipinski definition) is 0. The van der Waals surface area contributed by atoms with E-state index in [2.05, 4.69) is 0 Å². The molecular formula is C34H27FO9. The van der Waals surface area contributed by atoms with E-state index in [0.717, 1.165) is 0 Å². The number of carbonyl (C=O) groups excluding carboxylic acids is 4. The first-order valence-electron chi connectivity index (χ1n) is 13.7. The van der Waals surface area contributed by atoms with Crippen LogP contribution in [0.25, 0.3) is 0 Å². The van der Waals surface area contributed by atoms with Gasteiger partial charge in [-0.2, -0.15) is 0 Å². The van der Waals surface area contributed by atoms with Crippen molar-refractivity contribution in [1.82, 2.24) is 0 Å². The summed E-state index contributed by atoms with van der Waals surface area (Å²) in [7, 11) is 0. The van der Waals surface area contributed by atoms with Gasteiger partial charge in [-0.3, -0.25) is 0 Å². The van der Waals surface area contributed by atoms with Gasteiger partial charge < -0.3 is 23.7 Å². The van der Waals surface area contributed by atoms with Gasteiger partial charge in [-0.05, 0) is 48.5 Å². The van der Waals surface area contributed by atoms with E-state index < -0.39 is 61.3 Å². The van der Waals surface area contributed by atoms with Crippen LogP contribution in [0.5, 0.6) is 0 Å². The van der Waals surface area contributed by atoms with Crippen LogP contribution in [0, 0.1) is 0 Å². The van der Waals surface area contributed by atoms with Crippen molar-refractivity contribution in [3.05, 3.63) is 144 Å². The van der Waals surface area contributed by atoms with Crippen LogP contribution in [0.15, 0.2) is 121 Å². The molecule has 0 saturated carbocycles. The third-order valence-corrected chi connectivity index (χ3v) is 6.72. The van der Waals surface area contributed by atoms with Gasteiger partial charge in [0.05, 0.1) is 22.3 Å². The van der Waals surface area contributed by atoms with E-state index in [0.29, 0.717) is 0 Å². The molecule has 5 atom stereocenters. The van der Waals surface area contributed by atoms with E-state index in [1.807, 2.05) is 0 Å². The van der Waals surface area contributed by atoms with Crippen LogP contribution in [-0.2, 0) is 23.7 Å². The molecule has 9 nitrogen and oxygen atoms in total. The molecule has 1 fully saturated rings. The molecule has 0 aromatic heterocycles. The molecule has 224 valence electrons. The van der Waals surface area contributed by atoms with Crippen molar-refractivity contribution in [2.75, 3.05) is 6.61 Å². The summed E-state index contributed by atoms with van der Waals surface area (Å²) in [6.07, 6.45) is -8.94. The molecule has 44 heavy (non-hydrogen) atoms. The number of hydrogen-bond acceptors (Lipinski definition) is 9. The van der Waals surface area contributed by atoms with E-state index in [9.17, 15) is 19.2 Å². The van der Waals surface area contributed by atoms with E-state index in [4.69, 9.17) is 23.7 Å². The van der Waals surface area contributed by atoms with Gasteiger partial charge in [-0.25, -0.2) is 23.6 Å². The topological polar surface area (TPSA) is 114 Å². The Morgan fingerprint density at radius 2 is 0.841 bits per heavy atom. The molecule has 5 rings (SSSR count). The number of alkyl halides is 1. The standard InChI is InChI=1S/C34H27FO9/c35-30-29(44-34(39)25-19-11-4-12-20-25)28(43-33(38)24-17-9-3-10-18-24)27(42-32(37)23-15-7-2-8-16-23)26(41-30)21-40-31(36)22-13-5-1-6-14-22/h1-20,26-30H,21H2/t26-,27-,28+,29-,30+/m1/s1. The smallest absolute Gasteiger partial charge is 0.338 e. The first-order valence-corrected chi connectivity index (χ1v) is 13.7. The van der Waals surface area contributed by atoms with E-state index in [-0.39, 0.29) is 22.3 Å². The third-order valence-electron chi connectivity index (χ3n) is 6.72. The Hall–Kier alpha value is -5.35. The first-order chi connectivity index (χ1) is 21.4. The van der Waals surface area contributed by atoms with Crippen LogP contribution in [0.2, 0.25) is 0 Å². The lowest BCUT2D eigenvalue weighted by atomic mass is 9.98. The van der Waals surface area contributed by atoms with E-state index >= 15 is 4.39 Å². The summed E-state index contributed by atoms with van der Waals surface area (Å²) in [5.41, 5.74) is 0.577. The second-order valence-electron chi connectivity index (χ2n) is 9.70. The molecule has 0 aliphatic carbocycles. The predicted octanol–water partition coefficient (Wildman–Crippen LogP) is 5.21. The average Bonchev–Trinajstić information content (AvgIpc) is 3.07. The zero-order chi connectivity index (χ0) is 30.9. The first kappa shape index (κ1) is 30.1. The molecule has 4 aromatic carbocycles. The van der Waals surface area contributed by atoms with E-state index in [1.54, 1.807) is 72.8 Å². The van der Waals surface area contributed by atoms with Gasteiger partial charge in [0.1, 0.15) is 12.7 Å². The SMILES string of the molecule is O=C(OC[C@H]1O[C@H](F)[C@H](OC(=O)c2ccccc2)[C@@H](OC(=O)c2ccccc2)[C@@H]1OC(=O)c1ccccc1)c1ccccc1. The summed E-state index contributed by atoms with van der Waals surface area (Å²) in [4.78, 5) is 52.1. The maximum atomic E-state index is 15.8. The minimum Gasteiger partial charge on any atom is -0.459 e. The van der Waals surface area contributed by atoms with Crippen molar-refractivity contribution in [3.8, 4) is 0 Å². The third kappa shape index (κ3) is 7.34. The highest BCUT2D eigenvalue weighted by atomic mass is 19.1. The summed E-state index contributed by atoms with van der Waals surface area (Å²) in [5.74, 6) is -3.42. The lowest BCUT2D eigenvalue weighted by Crippen LogP contribution is -2.61. The molecule has 0 N–H and O–H groups in total. The molecule has 1 heterocycles. The fourth-order valence-electron chi connectivity index (χ4n) is 4.51. The number of rotatable bonds is 9. The average molecular weight is 599 g/mol. The molecule has 0 spiro atoms. The summed E-state index contributed by atoms with van der Waals surface area (Å²) in [6, 6.07) is 31.6. The Balaban J connectivity index is 1.48. The highest BCUT2D eigenvalue weighted by Gasteiger charge is 2.53. The Bertz CT molecular complexity index is 1570. The zero-order valence-corrected chi connectivity index (χ0v) is 23.2. The van der Waals surface area contributed by atoms with Crippen LogP contribution < -0.4 is 0 Å². The van der Waals surface area contributed by atoms with Crippen molar-refractivity contribution in [1.29, 1.82) is 0 Å². The summed E-state index contributed by atoms with van der Waals surface area (Å²) >= 11 is 0. The largest absolute Gasteiger partial charge is 0.459 e. The Morgan fingerprint density at radius 1 is 0.500 bits per heavy atom. The summed E-state index contributed by atoms with van der Waals surface area (Å²) in [5, 5.41) is 0. The quantitative estimate of drug-likeness (QED) is 0.189. The highest BCUT2D eigenvalue weighted by molar-refractivity contribution is 5.91. The maximum Gasteiger partial charge on any atom is 0.338 e. The number of halogens is 1. The van der Waals surface area contributed by atoms with Gasteiger partial charge in [0.25, 0.3) is 0 Å². The molecule has 0 radical (unpaired) electrons. The number of carbonyl (C=O) groups is 4. The fraction of sp³-hybridized carbons (Fsp3) is 0.176. The highest BCUT2D eigenvalue weighted by Crippen LogP contribution is 2.31. The predicted molar refractivity (Wildman–Crippen MR) is 153 cm³/mol. The van der Waals surface area contributed by atoms with Crippen LogP contribution in [-0.4, -0.2) is 61.3 Å². The Labute approximate surface area is 252 Å². The molecule has 0 unspecified atom stereocenters. The molecular weight excluding hydrogens is 571 g/mol. The number of ether oxygens (including phenoxy) is 5. The fourth-order valence-corrected chi connectivity index (χ4v) is 4.51. The zero-order valence-electron chi connectivity index (χ0n) is 23.2. The lowest BCUT2D eigenvalue weighted by Gasteiger charge is -2.42. The van der Waals surface area contributed by atoms with Crippen molar-refractivity contribution < 1.29 is 47.3 Å². The number of benzene rings is 4. The number of esters is 4. The van der Waals surface area contributed by atoms with Gasteiger partial charge in [-0.1, -0.05) is 72.8 Å². The molecule has 1 saturated heterocycles. The molecule has 10 heteroatoms. The Morgan fingerprint density at radius 3 is 1.25 bits per heavy atom.